The average molecular weight is 269 g/mol. The number of aromatic amines is 1. The van der Waals surface area contributed by atoms with E-state index in [2.05, 4.69) is 40.3 Å². The monoisotopic (exact) mass is 269 g/mol. The van der Waals surface area contributed by atoms with Crippen LogP contribution in [0, 0.1) is 0 Å². The lowest BCUT2D eigenvalue weighted by Gasteiger charge is -2.06. The summed E-state index contributed by atoms with van der Waals surface area (Å²) in [5, 5.41) is 2.22. The van der Waals surface area contributed by atoms with Crippen molar-refractivity contribution < 1.29 is 0 Å². The zero-order valence-electron chi connectivity index (χ0n) is 11.2. The van der Waals surface area contributed by atoms with Crippen LogP contribution >= 0.6 is 0 Å². The van der Waals surface area contributed by atoms with E-state index in [1.54, 1.807) is 0 Å². The Balaban J connectivity index is 1.93. The molecular formula is C18H11N3. The van der Waals surface area contributed by atoms with E-state index in [0.717, 1.165) is 11.0 Å². The van der Waals surface area contributed by atoms with Crippen LogP contribution in [0.5, 0.6) is 0 Å². The summed E-state index contributed by atoms with van der Waals surface area (Å²) >= 11 is 0. The molecule has 0 bridgehead atoms. The minimum absolute atomic E-state index is 1.04. The number of nitrogens with one attached hydrogen (secondary N) is 1. The molecular weight excluding hydrogens is 258 g/mol. The van der Waals surface area contributed by atoms with Gasteiger partial charge in [0.25, 0.3) is 0 Å². The molecule has 0 fully saturated rings. The van der Waals surface area contributed by atoms with E-state index >= 15 is 0 Å². The van der Waals surface area contributed by atoms with Gasteiger partial charge in [-0.15, -0.1) is 0 Å². The third kappa shape index (κ3) is 1.37. The SMILES string of the molecule is C1=NC=c2c(-c3cc[nH]c3)cc3c(c21)-c1ccccc1N=3. The van der Waals surface area contributed by atoms with E-state index in [9.17, 15) is 0 Å². The smallest absolute Gasteiger partial charge is 0.0729 e. The van der Waals surface area contributed by atoms with Crippen molar-refractivity contribution in [2.75, 3.05) is 0 Å². The highest BCUT2D eigenvalue weighted by Crippen LogP contribution is 2.34. The molecule has 0 atom stereocenters. The van der Waals surface area contributed by atoms with Crippen LogP contribution in [0.1, 0.15) is 5.56 Å². The quantitative estimate of drug-likeness (QED) is 0.552. The predicted molar refractivity (Wildman–Crippen MR) is 84.2 cm³/mol. The fourth-order valence-corrected chi connectivity index (χ4v) is 3.18. The van der Waals surface area contributed by atoms with Gasteiger partial charge in [0.05, 0.1) is 11.0 Å². The standard InChI is InChI=1S/C18H11N3/c1-2-4-16-12(3-1)18-15-10-20-9-14(15)13(7-17(18)21-16)11-5-6-19-8-11/h1-10,19H. The summed E-state index contributed by atoms with van der Waals surface area (Å²) in [7, 11) is 0. The van der Waals surface area contributed by atoms with Crippen LogP contribution in [0.4, 0.5) is 5.69 Å². The molecule has 98 valence electrons. The van der Waals surface area contributed by atoms with Gasteiger partial charge in [-0.25, -0.2) is 4.99 Å². The molecule has 3 heteroatoms. The number of aromatic nitrogens is 1. The highest BCUT2D eigenvalue weighted by molar-refractivity contribution is 5.99. The second-order valence-electron chi connectivity index (χ2n) is 5.28. The first-order chi connectivity index (χ1) is 10.4. The maximum Gasteiger partial charge on any atom is 0.0729 e. The normalized spacial score (nSPS) is 13.3. The van der Waals surface area contributed by atoms with Gasteiger partial charge in [0.1, 0.15) is 0 Å². The Morgan fingerprint density at radius 2 is 1.95 bits per heavy atom. The molecule has 0 radical (unpaired) electrons. The van der Waals surface area contributed by atoms with Gasteiger partial charge in [0.15, 0.2) is 0 Å². The summed E-state index contributed by atoms with van der Waals surface area (Å²) in [5.74, 6) is 0. The minimum Gasteiger partial charge on any atom is -0.367 e. The van der Waals surface area contributed by atoms with Crippen molar-refractivity contribution in [3.63, 3.8) is 0 Å². The molecule has 3 nitrogen and oxygen atoms in total. The lowest BCUT2D eigenvalue weighted by atomic mass is 9.94. The molecule has 0 unspecified atom stereocenters. The summed E-state index contributed by atoms with van der Waals surface area (Å²) < 4.78 is 0. The molecule has 1 aromatic heterocycles. The fourth-order valence-electron chi connectivity index (χ4n) is 3.18. The number of aliphatic imine (C=N–C) groups is 1. The van der Waals surface area contributed by atoms with E-state index in [1.165, 1.54) is 33.0 Å². The first-order valence-corrected chi connectivity index (χ1v) is 6.93. The van der Waals surface area contributed by atoms with Crippen molar-refractivity contribution in [1.29, 1.82) is 0 Å². The lowest BCUT2D eigenvalue weighted by Crippen LogP contribution is -2.18. The fraction of sp³-hybridized carbons (Fsp3) is 0. The van der Waals surface area contributed by atoms with Crippen molar-refractivity contribution in [3.8, 4) is 22.3 Å². The number of hydrogen-bond acceptors (Lipinski definition) is 2. The molecule has 5 rings (SSSR count). The summed E-state index contributed by atoms with van der Waals surface area (Å²) in [5.41, 5.74) is 6.98. The maximum atomic E-state index is 4.78. The Kier molecular flexibility index (Phi) is 1.95. The number of H-pyrrole nitrogens is 1. The predicted octanol–water partition coefficient (Wildman–Crippen LogP) is 2.78. The Bertz CT molecular complexity index is 1030. The summed E-state index contributed by atoms with van der Waals surface area (Å²) in [6.45, 7) is 0. The molecule has 0 amide bonds. The zero-order valence-corrected chi connectivity index (χ0v) is 11.2. The third-order valence-corrected chi connectivity index (χ3v) is 4.12. The number of rotatable bonds is 1. The van der Waals surface area contributed by atoms with E-state index in [4.69, 9.17) is 4.99 Å². The number of para-hydroxylation sites is 1. The van der Waals surface area contributed by atoms with Crippen molar-refractivity contribution in [2.24, 2.45) is 9.98 Å². The van der Waals surface area contributed by atoms with Gasteiger partial charge in [-0.05, 0) is 29.3 Å². The topological polar surface area (TPSA) is 40.5 Å². The van der Waals surface area contributed by atoms with Crippen LogP contribution in [-0.4, -0.2) is 11.2 Å². The van der Waals surface area contributed by atoms with Gasteiger partial charge < -0.3 is 4.98 Å². The number of fused-ring (bicyclic) bond motifs is 5. The second-order valence-corrected chi connectivity index (χ2v) is 5.28. The Hall–Kier alpha value is -2.94. The summed E-state index contributed by atoms with van der Waals surface area (Å²) in [6.07, 6.45) is 7.84. The Morgan fingerprint density at radius 1 is 1.00 bits per heavy atom. The van der Waals surface area contributed by atoms with Crippen molar-refractivity contribution in [1.82, 2.24) is 4.98 Å². The zero-order chi connectivity index (χ0) is 13.8. The van der Waals surface area contributed by atoms with Crippen molar-refractivity contribution >= 4 is 18.1 Å². The lowest BCUT2D eigenvalue weighted by molar-refractivity contribution is 1.39. The number of benzene rings is 2. The molecule has 0 saturated carbocycles. The minimum atomic E-state index is 1.04. The molecule has 1 N–H and O–H groups in total. The highest BCUT2D eigenvalue weighted by Gasteiger charge is 2.20. The molecule has 3 heterocycles. The summed E-state index contributed by atoms with van der Waals surface area (Å²) in [4.78, 5) is 12.3. The van der Waals surface area contributed by atoms with Crippen LogP contribution in [0.3, 0.4) is 0 Å². The van der Waals surface area contributed by atoms with Gasteiger partial charge in [0.2, 0.25) is 0 Å². The van der Waals surface area contributed by atoms with E-state index in [-0.39, 0.29) is 0 Å². The molecule has 2 aliphatic heterocycles. The molecule has 2 aromatic carbocycles. The Morgan fingerprint density at radius 3 is 2.86 bits per heavy atom. The van der Waals surface area contributed by atoms with Gasteiger partial charge >= 0.3 is 0 Å². The third-order valence-electron chi connectivity index (χ3n) is 4.12. The highest BCUT2D eigenvalue weighted by atomic mass is 14.8. The number of nitrogens with zero attached hydrogens (tertiary/aromatic N) is 2. The number of hydrogen-bond donors (Lipinski definition) is 1. The van der Waals surface area contributed by atoms with Crippen LogP contribution < -0.4 is 10.6 Å². The van der Waals surface area contributed by atoms with E-state index < -0.39 is 0 Å². The molecule has 0 aliphatic carbocycles. The second kappa shape index (κ2) is 3.79. The average Bonchev–Trinajstić information content (AvgIpc) is 3.24. The maximum absolute atomic E-state index is 4.78. The molecule has 0 saturated heterocycles. The molecule has 0 spiro atoms. The van der Waals surface area contributed by atoms with Crippen molar-refractivity contribution in [3.05, 3.63) is 64.9 Å². The van der Waals surface area contributed by atoms with Crippen molar-refractivity contribution in [2.45, 2.75) is 0 Å². The first-order valence-electron chi connectivity index (χ1n) is 6.93. The van der Waals surface area contributed by atoms with E-state index in [0.29, 0.717) is 0 Å². The van der Waals surface area contributed by atoms with Gasteiger partial charge in [-0.2, -0.15) is 0 Å². The van der Waals surface area contributed by atoms with Gasteiger partial charge in [0, 0.05) is 46.7 Å². The van der Waals surface area contributed by atoms with Crippen LogP contribution in [0.25, 0.3) is 28.5 Å². The molecule has 21 heavy (non-hydrogen) atoms. The van der Waals surface area contributed by atoms with Gasteiger partial charge in [-0.1, -0.05) is 18.2 Å². The van der Waals surface area contributed by atoms with Crippen LogP contribution in [0.2, 0.25) is 0 Å². The molecule has 3 aromatic rings. The molecule has 2 aliphatic rings. The Labute approximate surface area is 121 Å². The van der Waals surface area contributed by atoms with Crippen LogP contribution in [-0.2, 0) is 0 Å². The van der Waals surface area contributed by atoms with Crippen LogP contribution in [0.15, 0.2) is 58.8 Å². The first kappa shape index (κ1) is 10.8. The van der Waals surface area contributed by atoms with Gasteiger partial charge in [-0.3, -0.25) is 4.99 Å². The van der Waals surface area contributed by atoms with E-state index in [1.807, 2.05) is 30.9 Å². The summed E-state index contributed by atoms with van der Waals surface area (Å²) in [6, 6.07) is 12.5. The largest absolute Gasteiger partial charge is 0.367 e.